The predicted octanol–water partition coefficient (Wildman–Crippen LogP) is 1.92. The third-order valence-electron chi connectivity index (χ3n) is 4.31. The van der Waals surface area contributed by atoms with Crippen molar-refractivity contribution in [3.63, 3.8) is 0 Å². The van der Waals surface area contributed by atoms with Crippen LogP contribution in [0.1, 0.15) is 12.5 Å². The number of rotatable bonds is 8. The average molecular weight is 391 g/mol. The first-order valence-electron chi connectivity index (χ1n) is 8.65. The van der Waals surface area contributed by atoms with Gasteiger partial charge in [0.2, 0.25) is 10.0 Å². The highest BCUT2D eigenvalue weighted by Crippen LogP contribution is 2.13. The molecule has 0 saturated heterocycles. The summed E-state index contributed by atoms with van der Waals surface area (Å²) in [6.45, 7) is 2.74. The summed E-state index contributed by atoms with van der Waals surface area (Å²) in [6.07, 6.45) is 0. The van der Waals surface area contributed by atoms with E-state index >= 15 is 0 Å². The molecule has 0 aliphatic heterocycles. The van der Waals surface area contributed by atoms with Crippen molar-refractivity contribution in [2.24, 2.45) is 0 Å². The maximum atomic E-state index is 12.0. The van der Waals surface area contributed by atoms with E-state index in [2.05, 4.69) is 20.3 Å². The zero-order valence-electron chi connectivity index (χ0n) is 15.8. The first-order chi connectivity index (χ1) is 12.8. The number of para-hydroxylation sites is 1. The van der Waals surface area contributed by atoms with E-state index < -0.39 is 10.0 Å². The van der Waals surface area contributed by atoms with Crippen LogP contribution in [-0.4, -0.2) is 41.1 Å². The molecule has 0 aliphatic carbocycles. The molecule has 0 radical (unpaired) electrons. The fourth-order valence-corrected chi connectivity index (χ4v) is 3.28. The first-order valence-corrected chi connectivity index (χ1v) is 10.1. The summed E-state index contributed by atoms with van der Waals surface area (Å²) in [5.74, 6) is 0. The molecule has 0 aliphatic rings. The van der Waals surface area contributed by atoms with Crippen LogP contribution in [0.3, 0.4) is 0 Å². The molecule has 2 aromatic rings. The van der Waals surface area contributed by atoms with E-state index in [0.29, 0.717) is 12.1 Å². The van der Waals surface area contributed by atoms with Gasteiger partial charge < -0.3 is 15.5 Å². The van der Waals surface area contributed by atoms with Gasteiger partial charge in [-0.2, -0.15) is 0 Å². The lowest BCUT2D eigenvalue weighted by Gasteiger charge is -2.27. The Balaban J connectivity index is 1.84. The van der Waals surface area contributed by atoms with Gasteiger partial charge in [-0.05, 0) is 43.8 Å². The molecule has 7 nitrogen and oxygen atoms in total. The van der Waals surface area contributed by atoms with Gasteiger partial charge in [0.05, 0.1) is 4.90 Å². The molecular formula is C19H26N4O3S. The van der Waals surface area contributed by atoms with Crippen molar-refractivity contribution in [3.05, 3.63) is 60.2 Å². The summed E-state index contributed by atoms with van der Waals surface area (Å²) >= 11 is 0. The minimum absolute atomic E-state index is 0.113. The second kappa shape index (κ2) is 9.38. The Hall–Kier alpha value is -2.58. The number of benzene rings is 2. The topological polar surface area (TPSA) is 90.5 Å². The van der Waals surface area contributed by atoms with Crippen LogP contribution in [0, 0.1) is 0 Å². The van der Waals surface area contributed by atoms with Crippen LogP contribution in [0.2, 0.25) is 0 Å². The second-order valence-corrected chi connectivity index (χ2v) is 8.10. The number of urea groups is 1. The molecule has 1 unspecified atom stereocenters. The van der Waals surface area contributed by atoms with E-state index in [1.807, 2.05) is 44.3 Å². The molecule has 0 spiro atoms. The molecule has 0 saturated carbocycles. The van der Waals surface area contributed by atoms with Gasteiger partial charge in [0, 0.05) is 31.9 Å². The molecule has 2 rings (SSSR count). The zero-order valence-corrected chi connectivity index (χ0v) is 16.6. The lowest BCUT2D eigenvalue weighted by molar-refractivity contribution is 0.240. The Kier molecular flexibility index (Phi) is 7.20. The number of anilines is 1. The van der Waals surface area contributed by atoms with Gasteiger partial charge in [0.15, 0.2) is 0 Å². The number of amides is 2. The lowest BCUT2D eigenvalue weighted by Crippen LogP contribution is -2.43. The molecule has 8 heteroatoms. The largest absolute Gasteiger partial charge is 0.370 e. The molecule has 0 fully saturated rings. The summed E-state index contributed by atoms with van der Waals surface area (Å²) in [5.41, 5.74) is 1.78. The van der Waals surface area contributed by atoms with Gasteiger partial charge in [0.1, 0.15) is 0 Å². The number of nitrogens with zero attached hydrogens (tertiary/aromatic N) is 1. The Bertz CT molecular complexity index is 856. The molecule has 2 aromatic carbocycles. The zero-order chi connectivity index (χ0) is 19.9. The van der Waals surface area contributed by atoms with Gasteiger partial charge in [-0.15, -0.1) is 0 Å². The van der Waals surface area contributed by atoms with Crippen molar-refractivity contribution in [2.75, 3.05) is 25.5 Å². The molecule has 1 atom stereocenters. The predicted molar refractivity (Wildman–Crippen MR) is 107 cm³/mol. The molecule has 146 valence electrons. The lowest BCUT2D eigenvalue weighted by atomic mass is 10.2. The molecule has 2 amide bonds. The van der Waals surface area contributed by atoms with E-state index in [1.54, 1.807) is 12.1 Å². The van der Waals surface area contributed by atoms with Gasteiger partial charge in [0.25, 0.3) is 0 Å². The van der Waals surface area contributed by atoms with Crippen LogP contribution in [0.15, 0.2) is 59.5 Å². The molecule has 0 heterocycles. The molecular weight excluding hydrogens is 364 g/mol. The van der Waals surface area contributed by atoms with Gasteiger partial charge in [-0.3, -0.25) is 0 Å². The Labute approximate surface area is 160 Å². The van der Waals surface area contributed by atoms with E-state index in [9.17, 15) is 13.2 Å². The number of sulfonamides is 1. The summed E-state index contributed by atoms with van der Waals surface area (Å²) in [7, 11) is -0.159. The fourth-order valence-electron chi connectivity index (χ4n) is 2.48. The summed E-state index contributed by atoms with van der Waals surface area (Å²) in [4.78, 5) is 14.3. The Morgan fingerprint density at radius 3 is 2.44 bits per heavy atom. The van der Waals surface area contributed by atoms with E-state index in [1.165, 1.54) is 19.2 Å². The maximum Gasteiger partial charge on any atom is 0.315 e. The highest BCUT2D eigenvalue weighted by molar-refractivity contribution is 7.89. The van der Waals surface area contributed by atoms with Crippen molar-refractivity contribution in [1.82, 2.24) is 15.4 Å². The summed E-state index contributed by atoms with van der Waals surface area (Å²) in [6, 6.07) is 16.2. The quantitative estimate of drug-likeness (QED) is 0.642. The molecule has 0 aromatic heterocycles. The van der Waals surface area contributed by atoms with Gasteiger partial charge in [-0.1, -0.05) is 30.3 Å². The van der Waals surface area contributed by atoms with Crippen molar-refractivity contribution in [2.45, 2.75) is 24.4 Å². The first kappa shape index (κ1) is 20.7. The molecule has 27 heavy (non-hydrogen) atoms. The van der Waals surface area contributed by atoms with Crippen LogP contribution < -0.4 is 20.3 Å². The second-order valence-electron chi connectivity index (χ2n) is 6.21. The number of hydrogen-bond acceptors (Lipinski definition) is 4. The van der Waals surface area contributed by atoms with Crippen LogP contribution in [-0.2, 0) is 16.6 Å². The van der Waals surface area contributed by atoms with Crippen LogP contribution in [0.25, 0.3) is 0 Å². The minimum Gasteiger partial charge on any atom is -0.370 e. The number of hydrogen-bond donors (Lipinski definition) is 3. The number of carbonyl (C=O) groups is 1. The third kappa shape index (κ3) is 5.97. The third-order valence-corrected chi connectivity index (χ3v) is 5.73. The molecule has 3 N–H and O–H groups in total. The highest BCUT2D eigenvalue weighted by atomic mass is 32.2. The van der Waals surface area contributed by atoms with E-state index in [0.717, 1.165) is 5.69 Å². The van der Waals surface area contributed by atoms with E-state index in [4.69, 9.17) is 0 Å². The minimum atomic E-state index is -3.50. The van der Waals surface area contributed by atoms with Crippen molar-refractivity contribution in [1.29, 1.82) is 0 Å². The Morgan fingerprint density at radius 2 is 1.78 bits per heavy atom. The monoisotopic (exact) mass is 390 g/mol. The van der Waals surface area contributed by atoms with Crippen molar-refractivity contribution in [3.8, 4) is 0 Å². The maximum absolute atomic E-state index is 12.0. The SMILES string of the molecule is CNS(=O)(=O)c1cccc(CNC(=O)NCC(C)N(C)c2ccccc2)c1. The number of carbonyl (C=O) groups excluding carboxylic acids is 1. The van der Waals surface area contributed by atoms with Crippen LogP contribution >= 0.6 is 0 Å². The standard InChI is InChI=1S/C19H26N4O3S/c1-15(23(3)17-9-5-4-6-10-17)13-21-19(24)22-14-16-8-7-11-18(12-16)27(25,26)20-2/h4-12,15,20H,13-14H2,1-3H3,(H2,21,22,24). The normalized spacial score (nSPS) is 12.3. The smallest absolute Gasteiger partial charge is 0.315 e. The fraction of sp³-hybridized carbons (Fsp3) is 0.316. The van der Waals surface area contributed by atoms with Gasteiger partial charge in [-0.25, -0.2) is 17.9 Å². The van der Waals surface area contributed by atoms with Crippen molar-refractivity contribution < 1.29 is 13.2 Å². The summed E-state index contributed by atoms with van der Waals surface area (Å²) in [5, 5.41) is 5.58. The average Bonchev–Trinajstić information content (AvgIpc) is 2.70. The van der Waals surface area contributed by atoms with Crippen LogP contribution in [0.4, 0.5) is 10.5 Å². The highest BCUT2D eigenvalue weighted by Gasteiger charge is 2.13. The number of nitrogens with one attached hydrogen (secondary N) is 3. The summed E-state index contributed by atoms with van der Waals surface area (Å²) < 4.78 is 25.9. The van der Waals surface area contributed by atoms with Gasteiger partial charge >= 0.3 is 6.03 Å². The Morgan fingerprint density at radius 1 is 1.07 bits per heavy atom. The molecule has 0 bridgehead atoms. The van der Waals surface area contributed by atoms with Crippen molar-refractivity contribution >= 4 is 21.7 Å². The van der Waals surface area contributed by atoms with E-state index in [-0.39, 0.29) is 23.5 Å². The van der Waals surface area contributed by atoms with Crippen LogP contribution in [0.5, 0.6) is 0 Å². The number of likely N-dealkylation sites (N-methyl/N-ethyl adjacent to an activating group) is 1.